The molecule has 2 N–H and O–H groups in total. The van der Waals surface area contributed by atoms with Gasteiger partial charge in [-0.15, -0.1) is 0 Å². The first-order valence-electron chi connectivity index (χ1n) is 8.95. The number of H-pyrrole nitrogens is 1. The second-order valence-electron chi connectivity index (χ2n) is 6.52. The molecule has 1 aromatic heterocycles. The summed E-state index contributed by atoms with van der Waals surface area (Å²) in [5.41, 5.74) is 2.88. The number of rotatable bonds is 6. The third-order valence-electron chi connectivity index (χ3n) is 4.86. The summed E-state index contributed by atoms with van der Waals surface area (Å²) < 4.78 is 16.9. The average Bonchev–Trinajstić information content (AvgIpc) is 3.20. The minimum atomic E-state index is -0.0836. The predicted molar refractivity (Wildman–Crippen MR) is 104 cm³/mol. The lowest BCUT2D eigenvalue weighted by atomic mass is 9.87. The number of hydrogen-bond donors (Lipinski definition) is 2. The first-order chi connectivity index (χ1) is 13.7. The van der Waals surface area contributed by atoms with Crippen molar-refractivity contribution in [3.05, 3.63) is 65.4 Å². The zero-order chi connectivity index (χ0) is 19.5. The minimum absolute atomic E-state index is 0.0442. The number of para-hydroxylation sites is 1. The highest BCUT2D eigenvalue weighted by atomic mass is 16.5. The van der Waals surface area contributed by atoms with Gasteiger partial charge in [0.25, 0.3) is 0 Å². The van der Waals surface area contributed by atoms with E-state index in [2.05, 4.69) is 15.5 Å². The van der Waals surface area contributed by atoms with Crippen LogP contribution in [-0.4, -0.2) is 30.3 Å². The number of aromatic amines is 1. The van der Waals surface area contributed by atoms with E-state index in [0.29, 0.717) is 30.3 Å². The molecule has 28 heavy (non-hydrogen) atoms. The highest BCUT2D eigenvalue weighted by Gasteiger charge is 2.28. The number of aromatic nitrogens is 2. The number of benzene rings is 2. The summed E-state index contributed by atoms with van der Waals surface area (Å²) in [6.45, 7) is 0.359. The van der Waals surface area contributed by atoms with Gasteiger partial charge in [0.1, 0.15) is 18.2 Å². The summed E-state index contributed by atoms with van der Waals surface area (Å²) in [6.07, 6.45) is 2.11. The largest absolute Gasteiger partial charge is 0.496 e. The van der Waals surface area contributed by atoms with Crippen LogP contribution < -0.4 is 19.5 Å². The van der Waals surface area contributed by atoms with Gasteiger partial charge in [-0.1, -0.05) is 24.3 Å². The first-order valence-corrected chi connectivity index (χ1v) is 8.95. The quantitative estimate of drug-likeness (QED) is 0.685. The number of anilines is 1. The normalized spacial score (nSPS) is 15.5. The van der Waals surface area contributed by atoms with Crippen LogP contribution in [0.4, 0.5) is 5.82 Å². The molecule has 1 atom stereocenters. The molecule has 4 rings (SSSR count). The van der Waals surface area contributed by atoms with Gasteiger partial charge in [-0.3, -0.25) is 9.89 Å². The van der Waals surface area contributed by atoms with Crippen molar-refractivity contribution in [1.29, 1.82) is 0 Å². The predicted octanol–water partition coefficient (Wildman–Crippen LogP) is 3.48. The molecule has 7 heteroatoms. The number of hydrogen-bond acceptors (Lipinski definition) is 5. The van der Waals surface area contributed by atoms with E-state index >= 15 is 0 Å². The number of carbonyl (C=O) groups is 1. The smallest absolute Gasteiger partial charge is 0.226 e. The van der Waals surface area contributed by atoms with E-state index in [1.807, 2.05) is 42.5 Å². The summed E-state index contributed by atoms with van der Waals surface area (Å²) in [5, 5.41) is 9.68. The van der Waals surface area contributed by atoms with Gasteiger partial charge in [-0.2, -0.15) is 5.10 Å². The molecule has 0 spiro atoms. The van der Waals surface area contributed by atoms with Crippen molar-refractivity contribution < 1.29 is 19.0 Å². The third-order valence-corrected chi connectivity index (χ3v) is 4.86. The van der Waals surface area contributed by atoms with E-state index in [0.717, 1.165) is 22.4 Å². The summed E-state index contributed by atoms with van der Waals surface area (Å²) in [7, 11) is 3.24. The zero-order valence-electron chi connectivity index (χ0n) is 15.7. The summed E-state index contributed by atoms with van der Waals surface area (Å²) >= 11 is 0. The molecule has 0 saturated carbocycles. The Balaban J connectivity index is 1.58. The molecular weight excluding hydrogens is 358 g/mol. The van der Waals surface area contributed by atoms with Gasteiger partial charge in [-0.05, 0) is 23.8 Å². The first kappa shape index (κ1) is 17.9. The van der Waals surface area contributed by atoms with Gasteiger partial charge in [0.2, 0.25) is 5.91 Å². The fraction of sp³-hybridized carbons (Fsp3) is 0.238. The number of nitrogens with one attached hydrogen (secondary N) is 2. The molecule has 0 radical (unpaired) electrons. The molecule has 1 unspecified atom stereocenters. The lowest BCUT2D eigenvalue weighted by molar-refractivity contribution is -0.116. The minimum Gasteiger partial charge on any atom is -0.496 e. The van der Waals surface area contributed by atoms with Crippen molar-refractivity contribution in [2.75, 3.05) is 19.5 Å². The van der Waals surface area contributed by atoms with Crippen LogP contribution in [0, 0.1) is 0 Å². The Hall–Kier alpha value is -3.48. The van der Waals surface area contributed by atoms with Crippen LogP contribution in [0.5, 0.6) is 17.2 Å². The van der Waals surface area contributed by atoms with E-state index in [4.69, 9.17) is 14.2 Å². The molecule has 144 valence electrons. The highest BCUT2D eigenvalue weighted by molar-refractivity contribution is 5.94. The topological polar surface area (TPSA) is 85.5 Å². The molecule has 2 heterocycles. The Bertz CT molecular complexity index is 999. The molecule has 0 bridgehead atoms. The number of ether oxygens (including phenoxy) is 3. The number of amides is 1. The van der Waals surface area contributed by atoms with Crippen molar-refractivity contribution in [3.63, 3.8) is 0 Å². The van der Waals surface area contributed by atoms with Crippen molar-refractivity contribution in [3.8, 4) is 17.2 Å². The molecule has 7 nitrogen and oxygen atoms in total. The molecule has 3 aromatic rings. The molecule has 0 saturated heterocycles. The molecule has 0 aliphatic carbocycles. The van der Waals surface area contributed by atoms with Gasteiger partial charge in [0, 0.05) is 23.5 Å². The van der Waals surface area contributed by atoms with Crippen LogP contribution in [0.15, 0.2) is 48.7 Å². The Kier molecular flexibility index (Phi) is 4.89. The fourth-order valence-electron chi connectivity index (χ4n) is 3.44. The number of carbonyl (C=O) groups excluding carboxylic acids is 1. The standard InChI is InChI=1S/C21H21N3O4/c1-26-17-6-4-3-5-14(17)12-28-18-8-7-13(9-19(18)27-2)15-10-20(25)23-21-16(15)11-22-24-21/h3-9,11,15H,10,12H2,1-2H3,(H2,22,23,24,25). The van der Waals surface area contributed by atoms with Gasteiger partial charge < -0.3 is 19.5 Å². The second kappa shape index (κ2) is 7.64. The molecule has 2 aromatic carbocycles. The molecule has 0 fully saturated rings. The van der Waals surface area contributed by atoms with Crippen molar-refractivity contribution >= 4 is 11.7 Å². The lowest BCUT2D eigenvalue weighted by Gasteiger charge is -2.23. The molecular formula is C21H21N3O4. The maximum Gasteiger partial charge on any atom is 0.226 e. The Morgan fingerprint density at radius 2 is 1.89 bits per heavy atom. The van der Waals surface area contributed by atoms with Crippen LogP contribution in [0.1, 0.15) is 29.0 Å². The van der Waals surface area contributed by atoms with Gasteiger partial charge in [0.05, 0.1) is 20.4 Å². The van der Waals surface area contributed by atoms with Gasteiger partial charge in [-0.25, -0.2) is 0 Å². The highest BCUT2D eigenvalue weighted by Crippen LogP contribution is 2.39. The van der Waals surface area contributed by atoms with E-state index in [9.17, 15) is 4.79 Å². The average molecular weight is 379 g/mol. The number of methoxy groups -OCH3 is 2. The van der Waals surface area contributed by atoms with E-state index in [1.54, 1.807) is 20.4 Å². The monoisotopic (exact) mass is 379 g/mol. The molecule has 1 amide bonds. The maximum atomic E-state index is 12.0. The summed E-state index contributed by atoms with van der Waals surface area (Å²) in [5.74, 6) is 2.54. The third kappa shape index (κ3) is 3.38. The SMILES string of the molecule is COc1ccccc1COc1ccc(C2CC(=O)Nc3[nH]ncc32)cc1OC. The lowest BCUT2D eigenvalue weighted by Crippen LogP contribution is -2.23. The van der Waals surface area contributed by atoms with Crippen LogP contribution in [-0.2, 0) is 11.4 Å². The maximum absolute atomic E-state index is 12.0. The van der Waals surface area contributed by atoms with Crippen LogP contribution in [0.2, 0.25) is 0 Å². The number of fused-ring (bicyclic) bond motifs is 1. The van der Waals surface area contributed by atoms with Crippen LogP contribution >= 0.6 is 0 Å². The second-order valence-corrected chi connectivity index (χ2v) is 6.52. The van der Waals surface area contributed by atoms with Crippen molar-refractivity contribution in [2.24, 2.45) is 0 Å². The van der Waals surface area contributed by atoms with Crippen molar-refractivity contribution in [1.82, 2.24) is 10.2 Å². The van der Waals surface area contributed by atoms with Crippen LogP contribution in [0.3, 0.4) is 0 Å². The van der Waals surface area contributed by atoms with Crippen molar-refractivity contribution in [2.45, 2.75) is 18.9 Å². The van der Waals surface area contributed by atoms with Crippen LogP contribution in [0.25, 0.3) is 0 Å². The summed E-state index contributed by atoms with van der Waals surface area (Å²) in [4.78, 5) is 12.0. The van der Waals surface area contributed by atoms with E-state index < -0.39 is 0 Å². The van der Waals surface area contributed by atoms with E-state index in [1.165, 1.54) is 0 Å². The molecule has 1 aliphatic rings. The Morgan fingerprint density at radius 3 is 2.71 bits per heavy atom. The zero-order valence-corrected chi connectivity index (χ0v) is 15.7. The summed E-state index contributed by atoms with van der Waals surface area (Å²) in [6, 6.07) is 13.5. The van der Waals surface area contributed by atoms with Gasteiger partial charge in [0.15, 0.2) is 11.5 Å². The Morgan fingerprint density at radius 1 is 1.07 bits per heavy atom. The molecule has 1 aliphatic heterocycles. The fourth-order valence-corrected chi connectivity index (χ4v) is 3.44. The van der Waals surface area contributed by atoms with E-state index in [-0.39, 0.29) is 11.8 Å². The Labute approximate surface area is 162 Å². The number of nitrogens with zero attached hydrogens (tertiary/aromatic N) is 1. The van der Waals surface area contributed by atoms with Gasteiger partial charge >= 0.3 is 0 Å².